The van der Waals surface area contributed by atoms with Crippen molar-refractivity contribution in [3.05, 3.63) is 12.2 Å². The molecule has 0 fully saturated rings. The van der Waals surface area contributed by atoms with Crippen molar-refractivity contribution in [1.29, 1.82) is 0 Å². The van der Waals surface area contributed by atoms with Crippen LogP contribution in [0.25, 0.3) is 0 Å². The Morgan fingerprint density at radius 1 is 0.327 bits per heavy atom. The molecule has 0 unspecified atom stereocenters. The first kappa shape index (κ1) is 49.0. The molecule has 52 heavy (non-hydrogen) atoms. The Kier molecular flexibility index (Phi) is 11.3. The third kappa shape index (κ3) is 5.72. The van der Waals surface area contributed by atoms with E-state index >= 15 is 4.39 Å². The standard InChI is InChI=1S/C19H5F31O2/c1-3(2)4(51)52-17(44,13(36,37)9(28,29)5(20,21)7(24,25)11(32,33)15(40,41)18(45,46)47)14(38,39)10(30,31)6(22,23)8(26,27)12(34,35)16(42,43)19(48,49)50/h1H2,2H3. The van der Waals surface area contributed by atoms with Crippen LogP contribution in [0.1, 0.15) is 6.92 Å². The zero-order valence-corrected chi connectivity index (χ0v) is 22.7. The van der Waals surface area contributed by atoms with E-state index in [1.54, 1.807) is 4.74 Å². The molecule has 0 aromatic carbocycles. The van der Waals surface area contributed by atoms with E-state index in [4.69, 9.17) is 0 Å². The molecule has 0 saturated heterocycles. The second kappa shape index (κ2) is 12.0. The van der Waals surface area contributed by atoms with E-state index < -0.39 is 101 Å². The minimum atomic E-state index is -9.97. The summed E-state index contributed by atoms with van der Waals surface area (Å²) in [5.41, 5.74) is -2.32. The molecule has 0 spiro atoms. The number of hydrogen-bond donors (Lipinski definition) is 0. The molecule has 0 aliphatic heterocycles. The first-order valence-corrected chi connectivity index (χ1v) is 11.1. The van der Waals surface area contributed by atoms with E-state index in [2.05, 4.69) is 0 Å². The summed E-state index contributed by atoms with van der Waals surface area (Å²) in [6, 6.07) is 0. The highest BCUT2D eigenvalue weighted by Crippen LogP contribution is 2.69. The molecular formula is C19H5F31O2. The van der Waals surface area contributed by atoms with Gasteiger partial charge in [0.05, 0.1) is 0 Å². The molecule has 0 aromatic heterocycles. The highest BCUT2D eigenvalue weighted by molar-refractivity contribution is 5.87. The lowest BCUT2D eigenvalue weighted by atomic mass is 9.82. The number of alkyl halides is 31. The van der Waals surface area contributed by atoms with Gasteiger partial charge < -0.3 is 4.74 Å². The SMILES string of the molecule is C=C(C)C(=O)OC(F)(C(F)(F)C(F)(F)C(F)(F)C(F)(F)C(F)(F)C(F)(F)C(F)(F)F)C(F)(F)C(F)(F)C(F)(F)C(F)(F)C(F)(F)C(F)(F)C(F)(F)F. The summed E-state index contributed by atoms with van der Waals surface area (Å²) in [7, 11) is 0. The molecule has 0 saturated carbocycles. The van der Waals surface area contributed by atoms with Crippen molar-refractivity contribution >= 4 is 5.97 Å². The zero-order chi connectivity index (χ0) is 43.4. The highest BCUT2D eigenvalue weighted by Gasteiger charge is 3.02. The topological polar surface area (TPSA) is 26.3 Å². The number of carbonyl (C=O) groups is 1. The minimum absolute atomic E-state index is 0.361. The van der Waals surface area contributed by atoms with Crippen LogP contribution in [0.15, 0.2) is 12.2 Å². The van der Waals surface area contributed by atoms with Crippen LogP contribution < -0.4 is 0 Å². The van der Waals surface area contributed by atoms with Gasteiger partial charge in [-0.1, -0.05) is 6.58 Å². The second-order valence-corrected chi connectivity index (χ2v) is 9.65. The number of esters is 1. The third-order valence-corrected chi connectivity index (χ3v) is 6.04. The molecule has 0 amide bonds. The molecule has 0 aliphatic carbocycles. The molecule has 33 heteroatoms. The van der Waals surface area contributed by atoms with Gasteiger partial charge in [-0.15, -0.1) is 0 Å². The number of ether oxygens (including phenoxy) is 1. The fourth-order valence-corrected chi connectivity index (χ4v) is 2.88. The van der Waals surface area contributed by atoms with E-state index in [0.29, 0.717) is 0 Å². The summed E-state index contributed by atoms with van der Waals surface area (Å²) in [5, 5.41) is 0. The van der Waals surface area contributed by atoms with Crippen molar-refractivity contribution in [1.82, 2.24) is 0 Å². The third-order valence-electron chi connectivity index (χ3n) is 6.04. The number of hydrogen-bond acceptors (Lipinski definition) is 2. The van der Waals surface area contributed by atoms with Gasteiger partial charge in [0, 0.05) is 5.57 Å². The Hall–Kier alpha value is -2.96. The Labute approximate surface area is 261 Å². The van der Waals surface area contributed by atoms with Crippen LogP contribution in [-0.2, 0) is 9.53 Å². The zero-order valence-electron chi connectivity index (χ0n) is 22.7. The van der Waals surface area contributed by atoms with Crippen molar-refractivity contribution in [3.8, 4) is 0 Å². The quantitative estimate of drug-likeness (QED) is 0.0989. The number of halogens is 31. The number of carbonyl (C=O) groups excluding carboxylic acids is 1. The average molecular weight is 854 g/mol. The van der Waals surface area contributed by atoms with E-state index in [-0.39, 0.29) is 6.92 Å². The Bertz CT molecular complexity index is 1270. The van der Waals surface area contributed by atoms with Gasteiger partial charge in [0.25, 0.3) is 0 Å². The molecule has 2 nitrogen and oxygen atoms in total. The normalized spacial score (nSPS) is 16.6. The van der Waals surface area contributed by atoms with Gasteiger partial charge in [0.2, 0.25) is 0 Å². The predicted octanol–water partition coefficient (Wildman–Crippen LogP) is 10.5. The summed E-state index contributed by atoms with van der Waals surface area (Å²) in [6.45, 7) is 1.59. The maximum absolute atomic E-state index is 15.1. The smallest absolute Gasteiger partial charge is 0.413 e. The molecule has 0 atom stereocenters. The first-order chi connectivity index (χ1) is 21.8. The van der Waals surface area contributed by atoms with E-state index in [9.17, 15) is 137 Å². The lowest BCUT2D eigenvalue weighted by Gasteiger charge is -2.48. The van der Waals surface area contributed by atoms with E-state index in [1.165, 1.54) is 0 Å². The van der Waals surface area contributed by atoms with Gasteiger partial charge in [-0.25, -0.2) is 4.79 Å². The van der Waals surface area contributed by atoms with Crippen LogP contribution in [0.2, 0.25) is 0 Å². The Balaban J connectivity index is 8.31. The summed E-state index contributed by atoms with van der Waals surface area (Å²) in [5.74, 6) is -129. The maximum Gasteiger partial charge on any atom is 0.460 e. The molecule has 310 valence electrons. The van der Waals surface area contributed by atoms with Crippen LogP contribution >= 0.6 is 0 Å². The van der Waals surface area contributed by atoms with Crippen molar-refractivity contribution in [3.63, 3.8) is 0 Å². The van der Waals surface area contributed by atoms with Gasteiger partial charge in [0.1, 0.15) is 0 Å². The van der Waals surface area contributed by atoms with Crippen molar-refractivity contribution in [2.24, 2.45) is 0 Å². The molecular weight excluding hydrogens is 849 g/mol. The second-order valence-electron chi connectivity index (χ2n) is 9.65. The molecule has 0 aromatic rings. The van der Waals surface area contributed by atoms with Crippen LogP contribution in [0.5, 0.6) is 0 Å². The summed E-state index contributed by atoms with van der Waals surface area (Å²) in [6.07, 6.45) is -16.7. The molecule has 0 N–H and O–H groups in total. The van der Waals surface area contributed by atoms with Crippen LogP contribution in [0.3, 0.4) is 0 Å². The van der Waals surface area contributed by atoms with Gasteiger partial charge in [-0.05, 0) is 6.92 Å². The highest BCUT2D eigenvalue weighted by atomic mass is 19.4. The Morgan fingerprint density at radius 2 is 0.481 bits per heavy atom. The Morgan fingerprint density at radius 3 is 0.635 bits per heavy atom. The summed E-state index contributed by atoms with van der Waals surface area (Å²) in [4.78, 5) is 11.3. The van der Waals surface area contributed by atoms with Gasteiger partial charge in [-0.2, -0.15) is 136 Å². The first-order valence-electron chi connectivity index (χ1n) is 11.1. The molecule has 0 heterocycles. The molecule has 0 radical (unpaired) electrons. The van der Waals surface area contributed by atoms with Gasteiger partial charge >= 0.3 is 95.2 Å². The van der Waals surface area contributed by atoms with Gasteiger partial charge in [-0.3, -0.25) is 0 Å². The maximum atomic E-state index is 15.1. The van der Waals surface area contributed by atoms with Crippen molar-refractivity contribution in [2.45, 2.75) is 96.2 Å². The number of rotatable bonds is 14. The molecule has 0 bridgehead atoms. The fraction of sp³-hybridized carbons (Fsp3) is 0.842. The van der Waals surface area contributed by atoms with Gasteiger partial charge in [0.15, 0.2) is 0 Å². The van der Waals surface area contributed by atoms with E-state index in [1.807, 2.05) is 6.58 Å². The summed E-state index contributed by atoms with van der Waals surface area (Å²) < 4.78 is 421. The van der Waals surface area contributed by atoms with Crippen molar-refractivity contribution in [2.75, 3.05) is 0 Å². The van der Waals surface area contributed by atoms with E-state index in [0.717, 1.165) is 0 Å². The van der Waals surface area contributed by atoms with Crippen LogP contribution in [0, 0.1) is 0 Å². The lowest BCUT2D eigenvalue weighted by Crippen LogP contribution is -2.81. The largest absolute Gasteiger partial charge is 0.460 e. The van der Waals surface area contributed by atoms with Crippen LogP contribution in [-0.4, -0.2) is 95.2 Å². The average Bonchev–Trinajstić information content (AvgIpc) is 2.90. The molecule has 0 rings (SSSR count). The fourth-order valence-electron chi connectivity index (χ4n) is 2.88. The molecule has 0 aliphatic rings. The van der Waals surface area contributed by atoms with Crippen molar-refractivity contribution < 1.29 is 146 Å². The summed E-state index contributed by atoms with van der Waals surface area (Å²) >= 11 is 0. The monoisotopic (exact) mass is 854 g/mol. The van der Waals surface area contributed by atoms with Crippen LogP contribution in [0.4, 0.5) is 136 Å². The predicted molar refractivity (Wildman–Crippen MR) is 96.2 cm³/mol. The lowest BCUT2D eigenvalue weighted by molar-refractivity contribution is -0.499. The minimum Gasteiger partial charge on any atom is -0.413 e.